The summed E-state index contributed by atoms with van der Waals surface area (Å²) in [7, 11) is 0. The highest BCUT2D eigenvalue weighted by molar-refractivity contribution is 5.95. The lowest BCUT2D eigenvalue weighted by molar-refractivity contribution is -0.384. The molecule has 0 heterocycles. The highest BCUT2D eigenvalue weighted by Gasteiger charge is 2.36. The topological polar surface area (TPSA) is 133 Å². The Hall–Kier alpha value is -2.48. The molecule has 0 radical (unpaired) electrons. The van der Waals surface area contributed by atoms with E-state index in [1.54, 1.807) is 20.8 Å². The second-order valence-electron chi connectivity index (χ2n) is 6.14. The highest BCUT2D eigenvalue weighted by Crippen LogP contribution is 2.18. The van der Waals surface area contributed by atoms with Crippen LogP contribution in [0.4, 0.5) is 5.69 Å². The molecule has 0 saturated heterocycles. The van der Waals surface area contributed by atoms with Gasteiger partial charge in [-0.1, -0.05) is 12.1 Å². The lowest BCUT2D eigenvalue weighted by Gasteiger charge is -2.25. The quantitative estimate of drug-likeness (QED) is 0.350. The number of hydrogen-bond donors (Lipinski definition) is 2. The number of esters is 1. The number of benzene rings is 1. The summed E-state index contributed by atoms with van der Waals surface area (Å²) in [5.74, 6) is -3.78. The summed E-state index contributed by atoms with van der Waals surface area (Å²) >= 11 is 0. The molecule has 0 bridgehead atoms. The zero-order valence-electron chi connectivity index (χ0n) is 13.2. The van der Waals surface area contributed by atoms with E-state index >= 15 is 0 Å². The number of carbonyl (C=O) groups excluding carboxylic acids is 1. The molecular weight excluding hydrogens is 304 g/mol. The monoisotopic (exact) mass is 324 g/mol. The van der Waals surface area contributed by atoms with E-state index in [-0.39, 0.29) is 12.1 Å². The predicted molar refractivity (Wildman–Crippen MR) is 81.7 cm³/mol. The van der Waals surface area contributed by atoms with Gasteiger partial charge < -0.3 is 15.6 Å². The Bertz CT molecular complexity index is 591. The minimum absolute atomic E-state index is 0.0776. The van der Waals surface area contributed by atoms with Crippen LogP contribution >= 0.6 is 0 Å². The smallest absolute Gasteiger partial charge is 0.322 e. The molecule has 0 amide bonds. The largest absolute Gasteiger partial charge is 0.481 e. The van der Waals surface area contributed by atoms with Crippen LogP contribution in [0.1, 0.15) is 26.3 Å². The lowest BCUT2D eigenvalue weighted by atomic mass is 9.94. The third kappa shape index (κ3) is 5.67. The Morgan fingerprint density at radius 3 is 2.22 bits per heavy atom. The SMILES string of the molecule is CC(C)(C)OC(=O)[C@@H](C(=O)O)[C@H](N)Cc1ccc([N+](=O)[O-])cc1. The number of nitrogens with two attached hydrogens (primary N) is 1. The van der Waals surface area contributed by atoms with E-state index in [4.69, 9.17) is 10.5 Å². The molecule has 0 saturated carbocycles. The number of hydrogen-bond acceptors (Lipinski definition) is 6. The van der Waals surface area contributed by atoms with Gasteiger partial charge in [0.25, 0.3) is 5.69 Å². The minimum atomic E-state index is -1.51. The van der Waals surface area contributed by atoms with E-state index in [1.807, 2.05) is 0 Å². The van der Waals surface area contributed by atoms with Crippen molar-refractivity contribution in [2.24, 2.45) is 11.7 Å². The van der Waals surface area contributed by atoms with E-state index in [1.165, 1.54) is 24.3 Å². The summed E-state index contributed by atoms with van der Waals surface area (Å²) < 4.78 is 5.08. The standard InChI is InChI=1S/C15H20N2O6/c1-15(2,3)23-14(20)12(13(18)19)11(16)8-9-4-6-10(7-5-9)17(21)22/h4-7,11-12H,8,16H2,1-3H3,(H,18,19)/t11-,12-/m1/s1. The fourth-order valence-corrected chi connectivity index (χ4v) is 1.97. The molecule has 0 aliphatic carbocycles. The molecule has 2 atom stereocenters. The number of nitro groups is 1. The molecule has 1 aromatic rings. The summed E-state index contributed by atoms with van der Waals surface area (Å²) in [6.45, 7) is 4.89. The van der Waals surface area contributed by atoms with Crippen molar-refractivity contribution < 1.29 is 24.4 Å². The third-order valence-corrected chi connectivity index (χ3v) is 2.97. The second kappa shape index (κ2) is 7.19. The van der Waals surface area contributed by atoms with Crippen LogP contribution in [0.15, 0.2) is 24.3 Å². The van der Waals surface area contributed by atoms with E-state index in [2.05, 4.69) is 0 Å². The molecule has 8 nitrogen and oxygen atoms in total. The molecule has 8 heteroatoms. The van der Waals surface area contributed by atoms with Crippen LogP contribution in [0.3, 0.4) is 0 Å². The number of carboxylic acid groups (broad SMARTS) is 1. The molecule has 0 fully saturated rings. The Kier molecular flexibility index (Phi) is 5.80. The van der Waals surface area contributed by atoms with Gasteiger partial charge in [0, 0.05) is 18.2 Å². The molecule has 126 valence electrons. The fourth-order valence-electron chi connectivity index (χ4n) is 1.97. The van der Waals surface area contributed by atoms with Gasteiger partial charge in [-0.3, -0.25) is 19.7 Å². The molecule has 1 rings (SSSR count). The molecule has 1 aromatic carbocycles. The van der Waals surface area contributed by atoms with Gasteiger partial charge >= 0.3 is 11.9 Å². The number of rotatable bonds is 6. The summed E-state index contributed by atoms with van der Waals surface area (Å²) in [5, 5.41) is 19.8. The highest BCUT2D eigenvalue weighted by atomic mass is 16.6. The van der Waals surface area contributed by atoms with Crippen molar-refractivity contribution in [3.8, 4) is 0 Å². The molecule has 0 aliphatic heterocycles. The van der Waals surface area contributed by atoms with Crippen molar-refractivity contribution in [1.29, 1.82) is 0 Å². The summed E-state index contributed by atoms with van der Waals surface area (Å²) in [5.41, 5.74) is 5.55. The summed E-state index contributed by atoms with van der Waals surface area (Å²) in [4.78, 5) is 33.4. The van der Waals surface area contributed by atoms with Crippen LogP contribution in [-0.2, 0) is 20.7 Å². The molecule has 0 aliphatic rings. The Morgan fingerprint density at radius 1 is 1.30 bits per heavy atom. The van der Waals surface area contributed by atoms with Crippen LogP contribution in [-0.4, -0.2) is 33.6 Å². The zero-order chi connectivity index (χ0) is 17.8. The number of ether oxygens (including phenoxy) is 1. The number of nitrogens with zero attached hydrogens (tertiary/aromatic N) is 1. The van der Waals surface area contributed by atoms with Crippen molar-refractivity contribution in [2.45, 2.75) is 38.8 Å². The van der Waals surface area contributed by atoms with Gasteiger partial charge in [0.15, 0.2) is 5.92 Å². The normalized spacial score (nSPS) is 13.9. The van der Waals surface area contributed by atoms with Gasteiger partial charge in [0.1, 0.15) is 5.60 Å². The first kappa shape index (κ1) is 18.6. The summed E-state index contributed by atoms with van der Waals surface area (Å²) in [6, 6.07) is 4.54. The molecule has 0 unspecified atom stereocenters. The third-order valence-electron chi connectivity index (χ3n) is 2.97. The van der Waals surface area contributed by atoms with Gasteiger partial charge in [0.2, 0.25) is 0 Å². The maximum absolute atomic E-state index is 12.0. The first-order valence-corrected chi connectivity index (χ1v) is 6.96. The van der Waals surface area contributed by atoms with Gasteiger partial charge in [-0.2, -0.15) is 0 Å². The number of non-ortho nitro benzene ring substituents is 1. The number of carbonyl (C=O) groups is 2. The fraction of sp³-hybridized carbons (Fsp3) is 0.467. The Balaban J connectivity index is 2.86. The molecule has 3 N–H and O–H groups in total. The van der Waals surface area contributed by atoms with E-state index in [9.17, 15) is 24.8 Å². The Morgan fingerprint density at radius 2 is 1.83 bits per heavy atom. The maximum atomic E-state index is 12.0. The van der Waals surface area contributed by atoms with Crippen molar-refractivity contribution in [1.82, 2.24) is 0 Å². The van der Waals surface area contributed by atoms with Crippen LogP contribution in [0.2, 0.25) is 0 Å². The number of aliphatic carboxylic acids is 1. The molecule has 0 spiro atoms. The lowest BCUT2D eigenvalue weighted by Crippen LogP contribution is -2.45. The minimum Gasteiger partial charge on any atom is -0.481 e. The van der Waals surface area contributed by atoms with Crippen LogP contribution in [0.5, 0.6) is 0 Å². The second-order valence-corrected chi connectivity index (χ2v) is 6.14. The van der Waals surface area contributed by atoms with E-state index < -0.39 is 34.4 Å². The average molecular weight is 324 g/mol. The maximum Gasteiger partial charge on any atom is 0.322 e. The number of nitro benzene ring substituents is 1. The zero-order valence-corrected chi connectivity index (χ0v) is 13.2. The average Bonchev–Trinajstić information content (AvgIpc) is 2.36. The summed E-state index contributed by atoms with van der Waals surface area (Å²) in [6.07, 6.45) is 0.0776. The van der Waals surface area contributed by atoms with Crippen molar-refractivity contribution in [3.63, 3.8) is 0 Å². The van der Waals surface area contributed by atoms with Gasteiger partial charge in [-0.15, -0.1) is 0 Å². The molecule has 23 heavy (non-hydrogen) atoms. The van der Waals surface area contributed by atoms with Crippen LogP contribution in [0.25, 0.3) is 0 Å². The van der Waals surface area contributed by atoms with Crippen LogP contribution in [0, 0.1) is 16.0 Å². The predicted octanol–water partition coefficient (Wildman–Crippen LogP) is 1.51. The van der Waals surface area contributed by atoms with Crippen LogP contribution < -0.4 is 5.73 Å². The van der Waals surface area contributed by atoms with E-state index in [0.717, 1.165) is 0 Å². The first-order chi connectivity index (χ1) is 10.5. The molecule has 0 aromatic heterocycles. The molecular formula is C15H20N2O6. The van der Waals surface area contributed by atoms with Crippen molar-refractivity contribution in [2.75, 3.05) is 0 Å². The van der Waals surface area contributed by atoms with Gasteiger partial charge in [-0.05, 0) is 32.8 Å². The number of carboxylic acids is 1. The van der Waals surface area contributed by atoms with Crippen molar-refractivity contribution >= 4 is 17.6 Å². The Labute approximate surface area is 133 Å². The first-order valence-electron chi connectivity index (χ1n) is 6.96. The van der Waals surface area contributed by atoms with Crippen molar-refractivity contribution in [3.05, 3.63) is 39.9 Å². The van der Waals surface area contributed by atoms with Gasteiger partial charge in [0.05, 0.1) is 4.92 Å². The van der Waals surface area contributed by atoms with E-state index in [0.29, 0.717) is 5.56 Å². The van der Waals surface area contributed by atoms with Gasteiger partial charge in [-0.25, -0.2) is 0 Å².